The quantitative estimate of drug-likeness (QED) is 0.644. The lowest BCUT2D eigenvalue weighted by atomic mass is 10.2. The Hall–Kier alpha value is -0.130. The molecule has 0 aromatic heterocycles. The van der Waals surface area contributed by atoms with Gasteiger partial charge < -0.3 is 11.1 Å². The molecular weight excluding hydrogens is 315 g/mol. The highest BCUT2D eigenvalue weighted by Gasteiger charge is 2.13. The van der Waals surface area contributed by atoms with Gasteiger partial charge in [-0.3, -0.25) is 4.79 Å². The average molecular weight is 330 g/mol. The highest BCUT2D eigenvalue weighted by atomic mass is 35.5. The Labute approximate surface area is 127 Å². The molecule has 0 bridgehead atoms. The first-order valence-electron chi connectivity index (χ1n) is 5.11. The monoisotopic (exact) mass is 328 g/mol. The summed E-state index contributed by atoms with van der Waals surface area (Å²) < 4.78 is 0. The van der Waals surface area contributed by atoms with E-state index in [9.17, 15) is 4.79 Å². The number of thioether (sulfide) groups is 1. The third kappa shape index (κ3) is 4.86. The third-order valence-electron chi connectivity index (χ3n) is 2.15. The fraction of sp³-hybridized carbons (Fsp3) is 0.364. The van der Waals surface area contributed by atoms with Crippen LogP contribution in [0, 0.1) is 0 Å². The van der Waals surface area contributed by atoms with Crippen LogP contribution in [0.25, 0.3) is 0 Å². The van der Waals surface area contributed by atoms with E-state index in [0.717, 1.165) is 11.3 Å². The van der Waals surface area contributed by atoms with Crippen molar-refractivity contribution >= 4 is 53.3 Å². The molecule has 0 aliphatic rings. The number of carbonyl (C=O) groups excluding carboxylic acids is 1. The Balaban J connectivity index is 0.00000289. The average Bonchev–Trinajstić information content (AvgIpc) is 2.29. The minimum atomic E-state index is -0.199. The van der Waals surface area contributed by atoms with Crippen molar-refractivity contribution in [3.63, 3.8) is 0 Å². The van der Waals surface area contributed by atoms with Crippen molar-refractivity contribution in [2.75, 3.05) is 19.3 Å². The van der Waals surface area contributed by atoms with E-state index in [1.54, 1.807) is 12.1 Å². The second kappa shape index (κ2) is 8.88. The highest BCUT2D eigenvalue weighted by molar-refractivity contribution is 7.98. The van der Waals surface area contributed by atoms with E-state index in [1.165, 1.54) is 11.8 Å². The third-order valence-corrected chi connectivity index (χ3v) is 3.67. The van der Waals surface area contributed by atoms with Gasteiger partial charge in [-0.15, -0.1) is 24.2 Å². The number of amides is 1. The summed E-state index contributed by atoms with van der Waals surface area (Å²) in [5, 5.41) is 3.67. The van der Waals surface area contributed by atoms with Crippen molar-refractivity contribution in [1.29, 1.82) is 0 Å². The molecule has 0 saturated carbocycles. The Morgan fingerprint density at radius 1 is 1.39 bits per heavy atom. The van der Waals surface area contributed by atoms with Gasteiger partial charge in [-0.2, -0.15) is 0 Å². The van der Waals surface area contributed by atoms with E-state index in [2.05, 4.69) is 5.32 Å². The van der Waals surface area contributed by atoms with E-state index in [1.807, 2.05) is 6.26 Å². The van der Waals surface area contributed by atoms with Gasteiger partial charge >= 0.3 is 0 Å². The lowest BCUT2D eigenvalue weighted by Gasteiger charge is -2.09. The molecular formula is C11H15Cl3N2OS. The number of benzene rings is 1. The topological polar surface area (TPSA) is 55.1 Å². The van der Waals surface area contributed by atoms with Crippen LogP contribution in [0.5, 0.6) is 0 Å². The summed E-state index contributed by atoms with van der Waals surface area (Å²) in [5.41, 5.74) is 5.79. The van der Waals surface area contributed by atoms with Gasteiger partial charge in [-0.1, -0.05) is 23.2 Å². The summed E-state index contributed by atoms with van der Waals surface area (Å²) in [5.74, 6) is -0.199. The summed E-state index contributed by atoms with van der Waals surface area (Å²) >= 11 is 13.4. The zero-order chi connectivity index (χ0) is 12.8. The van der Waals surface area contributed by atoms with Crippen molar-refractivity contribution in [2.45, 2.75) is 11.3 Å². The molecule has 0 aliphatic carbocycles. The molecule has 0 heterocycles. The lowest BCUT2D eigenvalue weighted by Crippen LogP contribution is -2.26. The van der Waals surface area contributed by atoms with E-state index < -0.39 is 0 Å². The molecule has 0 spiro atoms. The number of hydrogen-bond acceptors (Lipinski definition) is 3. The van der Waals surface area contributed by atoms with Crippen LogP contribution < -0.4 is 11.1 Å². The maximum Gasteiger partial charge on any atom is 0.252 e. The van der Waals surface area contributed by atoms with Crippen LogP contribution in [0.3, 0.4) is 0 Å². The minimum absolute atomic E-state index is 0. The van der Waals surface area contributed by atoms with Crippen molar-refractivity contribution in [3.8, 4) is 0 Å². The van der Waals surface area contributed by atoms with Gasteiger partial charge in [-0.05, 0) is 31.4 Å². The minimum Gasteiger partial charge on any atom is -0.352 e. The van der Waals surface area contributed by atoms with Crippen LogP contribution in [-0.4, -0.2) is 25.3 Å². The van der Waals surface area contributed by atoms with E-state index in [4.69, 9.17) is 28.9 Å². The predicted octanol–water partition coefficient (Wildman–Crippen LogP) is 3.22. The molecule has 1 aromatic carbocycles. The Morgan fingerprint density at radius 2 is 2.06 bits per heavy atom. The first-order chi connectivity index (χ1) is 8.10. The van der Waals surface area contributed by atoms with Crippen LogP contribution in [0.4, 0.5) is 0 Å². The largest absolute Gasteiger partial charge is 0.352 e. The number of halogens is 3. The maximum atomic E-state index is 11.8. The molecule has 0 unspecified atom stereocenters. The molecule has 7 heteroatoms. The summed E-state index contributed by atoms with van der Waals surface area (Å²) in [6.45, 7) is 1.09. The van der Waals surface area contributed by atoms with Gasteiger partial charge in [-0.25, -0.2) is 0 Å². The van der Waals surface area contributed by atoms with E-state index in [-0.39, 0.29) is 18.3 Å². The predicted molar refractivity (Wildman–Crippen MR) is 81.5 cm³/mol. The smallest absolute Gasteiger partial charge is 0.252 e. The fourth-order valence-electron chi connectivity index (χ4n) is 1.26. The summed E-state index contributed by atoms with van der Waals surface area (Å²) in [6, 6.07) is 3.29. The van der Waals surface area contributed by atoms with Crippen molar-refractivity contribution < 1.29 is 4.79 Å². The van der Waals surface area contributed by atoms with Gasteiger partial charge in [0.1, 0.15) is 0 Å². The molecule has 1 amide bonds. The number of carbonyl (C=O) groups is 1. The van der Waals surface area contributed by atoms with Crippen molar-refractivity contribution in [1.82, 2.24) is 5.32 Å². The highest BCUT2D eigenvalue weighted by Crippen LogP contribution is 2.31. The van der Waals surface area contributed by atoms with Crippen LogP contribution in [0.1, 0.15) is 16.8 Å². The SMILES string of the molecule is CSc1cc(C(=O)NCCCN)c(Cl)cc1Cl.Cl. The molecule has 18 heavy (non-hydrogen) atoms. The molecule has 1 rings (SSSR count). The van der Waals surface area contributed by atoms with Gasteiger partial charge in [0.15, 0.2) is 0 Å². The lowest BCUT2D eigenvalue weighted by molar-refractivity contribution is 0.0953. The zero-order valence-electron chi connectivity index (χ0n) is 9.83. The number of hydrogen-bond donors (Lipinski definition) is 2. The number of nitrogens with one attached hydrogen (secondary N) is 1. The Bertz CT molecular complexity index is 416. The zero-order valence-corrected chi connectivity index (χ0v) is 13.0. The normalized spacial score (nSPS) is 9.78. The van der Waals surface area contributed by atoms with Crippen LogP contribution in [-0.2, 0) is 0 Å². The molecule has 0 aliphatic heterocycles. The fourth-order valence-corrected chi connectivity index (χ4v) is 2.45. The van der Waals surface area contributed by atoms with Gasteiger partial charge in [0, 0.05) is 11.4 Å². The standard InChI is InChI=1S/C11H14Cl2N2OS.ClH/c1-17-10-5-7(8(12)6-9(10)13)11(16)15-4-2-3-14;/h5-6H,2-4,14H2,1H3,(H,15,16);1H. The second-order valence-corrected chi connectivity index (χ2v) is 5.03. The molecule has 0 fully saturated rings. The molecule has 3 N–H and O–H groups in total. The van der Waals surface area contributed by atoms with Gasteiger partial charge in [0.25, 0.3) is 5.91 Å². The molecule has 3 nitrogen and oxygen atoms in total. The van der Waals surface area contributed by atoms with Crippen molar-refractivity contribution in [3.05, 3.63) is 27.7 Å². The molecule has 1 aromatic rings. The first kappa shape index (κ1) is 17.9. The van der Waals surface area contributed by atoms with Crippen LogP contribution in [0.2, 0.25) is 10.0 Å². The van der Waals surface area contributed by atoms with E-state index >= 15 is 0 Å². The maximum absolute atomic E-state index is 11.8. The molecule has 0 atom stereocenters. The van der Waals surface area contributed by atoms with Gasteiger partial charge in [0.2, 0.25) is 0 Å². The molecule has 0 saturated heterocycles. The summed E-state index contributed by atoms with van der Waals surface area (Å²) in [4.78, 5) is 12.7. The summed E-state index contributed by atoms with van der Waals surface area (Å²) in [6.07, 6.45) is 2.64. The van der Waals surface area contributed by atoms with Crippen LogP contribution >= 0.6 is 47.4 Å². The molecule has 102 valence electrons. The second-order valence-electron chi connectivity index (χ2n) is 3.36. The number of nitrogens with two attached hydrogens (primary N) is 1. The number of rotatable bonds is 5. The van der Waals surface area contributed by atoms with E-state index in [0.29, 0.717) is 28.7 Å². The van der Waals surface area contributed by atoms with Gasteiger partial charge in [0.05, 0.1) is 15.6 Å². The van der Waals surface area contributed by atoms with Crippen molar-refractivity contribution in [2.24, 2.45) is 5.73 Å². The molecule has 0 radical (unpaired) electrons. The Kier molecular flexibility index (Phi) is 8.82. The van der Waals surface area contributed by atoms with Crippen LogP contribution in [0.15, 0.2) is 17.0 Å². The first-order valence-corrected chi connectivity index (χ1v) is 7.09. The Morgan fingerprint density at radius 3 is 2.61 bits per heavy atom. The summed E-state index contributed by atoms with van der Waals surface area (Å²) in [7, 11) is 0.